The molecule has 2 amide bonds. The van der Waals surface area contributed by atoms with Gasteiger partial charge >= 0.3 is 0 Å². The lowest BCUT2D eigenvalue weighted by molar-refractivity contribution is -0.117. The quantitative estimate of drug-likeness (QED) is 0.773. The number of anilines is 1. The van der Waals surface area contributed by atoms with E-state index in [4.69, 9.17) is 16.7 Å². The fraction of sp³-hybridized carbons (Fsp3) is 0.263. The van der Waals surface area contributed by atoms with Crippen LogP contribution in [0, 0.1) is 0 Å². The Labute approximate surface area is 168 Å². The summed E-state index contributed by atoms with van der Waals surface area (Å²) in [4.78, 5) is 26.1. The van der Waals surface area contributed by atoms with E-state index in [1.54, 1.807) is 4.90 Å². The van der Waals surface area contributed by atoms with Crippen LogP contribution in [0.15, 0.2) is 47.4 Å². The highest BCUT2D eigenvalue weighted by atomic mass is 35.5. The van der Waals surface area contributed by atoms with E-state index in [9.17, 15) is 18.0 Å². The lowest BCUT2D eigenvalue weighted by Gasteiger charge is -2.20. The Kier molecular flexibility index (Phi) is 5.74. The lowest BCUT2D eigenvalue weighted by atomic mass is 10.1. The van der Waals surface area contributed by atoms with E-state index < -0.39 is 15.9 Å². The highest BCUT2D eigenvalue weighted by Crippen LogP contribution is 2.26. The number of halogens is 1. The number of carbonyl (C=O) groups excluding carboxylic acids is 2. The molecular formula is C19H20ClN3O4S. The molecule has 3 N–H and O–H groups in total. The maximum Gasteiger partial charge on any atom is 0.253 e. The summed E-state index contributed by atoms with van der Waals surface area (Å²) >= 11 is 6.06. The average Bonchev–Trinajstić information content (AvgIpc) is 3.06. The molecule has 1 fully saturated rings. The Balaban J connectivity index is 1.77. The van der Waals surface area contributed by atoms with E-state index in [0.717, 1.165) is 23.7 Å². The summed E-state index contributed by atoms with van der Waals surface area (Å²) in [5.41, 5.74) is 1.78. The molecule has 1 aliphatic heterocycles. The van der Waals surface area contributed by atoms with Crippen molar-refractivity contribution >= 4 is 39.1 Å². The van der Waals surface area contributed by atoms with Crippen molar-refractivity contribution in [2.45, 2.75) is 30.7 Å². The smallest absolute Gasteiger partial charge is 0.253 e. The standard InChI is InChI=1S/C19H20ClN3O4S/c1-12(13-4-2-5-14(10-13)23-9-3-6-18(23)24)22-19(25)16-8-7-15(11-17(16)20)28(21,26)27/h2,4-5,7-8,10-12H,3,6,9H2,1H3,(H,22,25)(H2,21,26,27). The fourth-order valence-electron chi connectivity index (χ4n) is 3.10. The topological polar surface area (TPSA) is 110 Å². The van der Waals surface area contributed by atoms with Gasteiger partial charge in [-0.3, -0.25) is 9.59 Å². The molecule has 1 aliphatic rings. The van der Waals surface area contributed by atoms with Gasteiger partial charge in [0.1, 0.15) is 0 Å². The van der Waals surface area contributed by atoms with Crippen LogP contribution in [0.25, 0.3) is 0 Å². The summed E-state index contributed by atoms with van der Waals surface area (Å²) in [6.45, 7) is 2.50. The molecule has 1 saturated heterocycles. The molecule has 9 heteroatoms. The van der Waals surface area contributed by atoms with Gasteiger partial charge in [0.05, 0.1) is 21.5 Å². The molecule has 148 valence electrons. The number of benzene rings is 2. The molecule has 1 heterocycles. The van der Waals surface area contributed by atoms with Crippen LogP contribution in [0.2, 0.25) is 5.02 Å². The Bertz CT molecular complexity index is 1040. The molecule has 2 aromatic carbocycles. The van der Waals surface area contributed by atoms with Gasteiger partial charge in [0, 0.05) is 18.7 Å². The maximum atomic E-state index is 12.6. The Morgan fingerprint density at radius 2 is 2.00 bits per heavy atom. The van der Waals surface area contributed by atoms with Crippen LogP contribution in [-0.2, 0) is 14.8 Å². The van der Waals surface area contributed by atoms with Gasteiger partial charge in [0.25, 0.3) is 5.91 Å². The van der Waals surface area contributed by atoms with Crippen LogP contribution in [0.5, 0.6) is 0 Å². The van der Waals surface area contributed by atoms with Crippen molar-refractivity contribution in [3.63, 3.8) is 0 Å². The van der Waals surface area contributed by atoms with E-state index in [-0.39, 0.29) is 27.4 Å². The van der Waals surface area contributed by atoms with Gasteiger partial charge in [-0.1, -0.05) is 23.7 Å². The molecule has 1 unspecified atom stereocenters. The van der Waals surface area contributed by atoms with Gasteiger partial charge in [-0.15, -0.1) is 0 Å². The number of hydrogen-bond donors (Lipinski definition) is 2. The van der Waals surface area contributed by atoms with Gasteiger partial charge in [-0.25, -0.2) is 13.6 Å². The number of amides is 2. The Morgan fingerprint density at radius 3 is 2.61 bits per heavy atom. The monoisotopic (exact) mass is 421 g/mol. The normalized spacial score (nSPS) is 15.5. The molecule has 7 nitrogen and oxygen atoms in total. The van der Waals surface area contributed by atoms with E-state index in [1.807, 2.05) is 31.2 Å². The van der Waals surface area contributed by atoms with Crippen molar-refractivity contribution in [1.29, 1.82) is 0 Å². The van der Waals surface area contributed by atoms with Crippen LogP contribution in [0.3, 0.4) is 0 Å². The Hall–Kier alpha value is -2.42. The summed E-state index contributed by atoms with van der Waals surface area (Å²) in [5, 5.41) is 7.90. The third-order valence-corrected chi connectivity index (χ3v) is 5.84. The molecule has 0 saturated carbocycles. The second-order valence-corrected chi connectivity index (χ2v) is 8.59. The number of nitrogens with zero attached hydrogens (tertiary/aromatic N) is 1. The summed E-state index contributed by atoms with van der Waals surface area (Å²) in [6.07, 6.45) is 1.38. The number of nitrogens with one attached hydrogen (secondary N) is 1. The first kappa shape index (κ1) is 20.3. The number of hydrogen-bond acceptors (Lipinski definition) is 4. The van der Waals surface area contributed by atoms with E-state index in [1.165, 1.54) is 12.1 Å². The summed E-state index contributed by atoms with van der Waals surface area (Å²) in [6, 6.07) is 10.8. The first-order chi connectivity index (χ1) is 13.2. The molecule has 2 aromatic rings. The van der Waals surface area contributed by atoms with Crippen molar-refractivity contribution in [2.24, 2.45) is 5.14 Å². The minimum absolute atomic E-state index is 0.00682. The number of rotatable bonds is 5. The third kappa shape index (κ3) is 4.35. The molecule has 0 aromatic heterocycles. The third-order valence-electron chi connectivity index (χ3n) is 4.62. The molecule has 3 rings (SSSR count). The van der Waals surface area contributed by atoms with Crippen molar-refractivity contribution in [1.82, 2.24) is 5.32 Å². The van der Waals surface area contributed by atoms with E-state index >= 15 is 0 Å². The highest BCUT2D eigenvalue weighted by molar-refractivity contribution is 7.89. The van der Waals surface area contributed by atoms with Gasteiger partial charge in [0.2, 0.25) is 15.9 Å². The second-order valence-electron chi connectivity index (χ2n) is 6.63. The molecule has 1 atom stereocenters. The van der Waals surface area contributed by atoms with Gasteiger partial charge in [-0.2, -0.15) is 0 Å². The second kappa shape index (κ2) is 7.90. The Morgan fingerprint density at radius 1 is 1.25 bits per heavy atom. The van der Waals surface area contributed by atoms with Crippen molar-refractivity contribution < 1.29 is 18.0 Å². The highest BCUT2D eigenvalue weighted by Gasteiger charge is 2.23. The van der Waals surface area contributed by atoms with Crippen LogP contribution < -0.4 is 15.4 Å². The molecule has 0 radical (unpaired) electrons. The van der Waals surface area contributed by atoms with E-state index in [2.05, 4.69) is 5.32 Å². The predicted octanol–water partition coefficient (Wildman–Crippen LogP) is 2.61. The SMILES string of the molecule is CC(NC(=O)c1ccc(S(N)(=O)=O)cc1Cl)c1cccc(N2CCCC2=O)c1. The summed E-state index contributed by atoms with van der Waals surface area (Å²) < 4.78 is 22.8. The summed E-state index contributed by atoms with van der Waals surface area (Å²) in [5.74, 6) is -0.350. The van der Waals surface area contributed by atoms with Crippen LogP contribution >= 0.6 is 11.6 Å². The fourth-order valence-corrected chi connectivity index (χ4v) is 3.97. The average molecular weight is 422 g/mol. The number of primary sulfonamides is 1. The molecule has 28 heavy (non-hydrogen) atoms. The summed E-state index contributed by atoms with van der Waals surface area (Å²) in [7, 11) is -3.90. The molecule has 0 bridgehead atoms. The van der Waals surface area contributed by atoms with Gasteiger partial charge in [0.15, 0.2) is 0 Å². The van der Waals surface area contributed by atoms with Gasteiger partial charge < -0.3 is 10.2 Å². The van der Waals surface area contributed by atoms with Gasteiger partial charge in [-0.05, 0) is 49.2 Å². The zero-order chi connectivity index (χ0) is 20.5. The molecular weight excluding hydrogens is 402 g/mol. The number of nitrogens with two attached hydrogens (primary N) is 1. The van der Waals surface area contributed by atoms with E-state index in [0.29, 0.717) is 13.0 Å². The first-order valence-corrected chi connectivity index (χ1v) is 10.6. The largest absolute Gasteiger partial charge is 0.345 e. The lowest BCUT2D eigenvalue weighted by Crippen LogP contribution is -2.28. The van der Waals surface area contributed by atoms with Crippen LogP contribution in [0.4, 0.5) is 5.69 Å². The predicted molar refractivity (Wildman–Crippen MR) is 107 cm³/mol. The zero-order valence-corrected chi connectivity index (χ0v) is 16.8. The minimum Gasteiger partial charge on any atom is -0.345 e. The first-order valence-electron chi connectivity index (χ1n) is 8.70. The van der Waals surface area contributed by atoms with Crippen LogP contribution in [-0.4, -0.2) is 26.8 Å². The minimum atomic E-state index is -3.90. The molecule has 0 spiro atoms. The van der Waals surface area contributed by atoms with Crippen LogP contribution in [0.1, 0.15) is 41.7 Å². The molecule has 0 aliphatic carbocycles. The number of sulfonamides is 1. The van der Waals surface area contributed by atoms with Crippen molar-refractivity contribution in [3.8, 4) is 0 Å². The number of carbonyl (C=O) groups is 2. The maximum absolute atomic E-state index is 12.6. The van der Waals surface area contributed by atoms with Crippen molar-refractivity contribution in [2.75, 3.05) is 11.4 Å². The van der Waals surface area contributed by atoms with Crippen molar-refractivity contribution in [3.05, 3.63) is 58.6 Å². The zero-order valence-electron chi connectivity index (χ0n) is 15.2.